The molecule has 0 aromatic heterocycles. The summed E-state index contributed by atoms with van der Waals surface area (Å²) >= 11 is 0. The maximum atomic E-state index is 12.8. The molecule has 5 nitrogen and oxygen atoms in total. The van der Waals surface area contributed by atoms with Crippen molar-refractivity contribution in [1.29, 1.82) is 0 Å². The SMILES string of the molecule is Cc1ccc(CN2C(=O)NN(c3cccc(C(F)(F)F)c3)C2O)cc1. The molecule has 2 aromatic rings. The number of nitrogens with zero attached hydrogens (tertiary/aromatic N) is 2. The smallest absolute Gasteiger partial charge is 0.355 e. The van der Waals surface area contributed by atoms with Gasteiger partial charge >= 0.3 is 12.2 Å². The predicted octanol–water partition coefficient (Wildman–Crippen LogP) is 3.24. The highest BCUT2D eigenvalue weighted by atomic mass is 19.4. The fourth-order valence-electron chi connectivity index (χ4n) is 2.54. The molecule has 2 amide bonds. The highest BCUT2D eigenvalue weighted by molar-refractivity contribution is 5.80. The van der Waals surface area contributed by atoms with Crippen molar-refractivity contribution in [3.8, 4) is 0 Å². The topological polar surface area (TPSA) is 55.8 Å². The summed E-state index contributed by atoms with van der Waals surface area (Å²) in [4.78, 5) is 13.2. The van der Waals surface area contributed by atoms with Gasteiger partial charge in [0.15, 0.2) is 0 Å². The largest absolute Gasteiger partial charge is 0.416 e. The number of anilines is 1. The van der Waals surface area contributed by atoms with E-state index in [1.807, 2.05) is 31.2 Å². The predicted molar refractivity (Wildman–Crippen MR) is 85.2 cm³/mol. The first-order valence-electron chi connectivity index (χ1n) is 7.53. The zero-order valence-electron chi connectivity index (χ0n) is 13.3. The number of hydrogen-bond acceptors (Lipinski definition) is 3. The minimum absolute atomic E-state index is 0.0436. The molecule has 1 heterocycles. The van der Waals surface area contributed by atoms with Crippen LogP contribution in [0.4, 0.5) is 23.7 Å². The van der Waals surface area contributed by atoms with Crippen LogP contribution in [-0.2, 0) is 12.7 Å². The summed E-state index contributed by atoms with van der Waals surface area (Å²) in [6, 6.07) is 11.2. The van der Waals surface area contributed by atoms with Crippen LogP contribution >= 0.6 is 0 Å². The molecule has 0 bridgehead atoms. The monoisotopic (exact) mass is 351 g/mol. The van der Waals surface area contributed by atoms with Crippen molar-refractivity contribution in [3.63, 3.8) is 0 Å². The van der Waals surface area contributed by atoms with Gasteiger partial charge in [0.25, 0.3) is 0 Å². The lowest BCUT2D eigenvalue weighted by Gasteiger charge is -2.25. The van der Waals surface area contributed by atoms with Crippen molar-refractivity contribution in [1.82, 2.24) is 10.3 Å². The summed E-state index contributed by atoms with van der Waals surface area (Å²) < 4.78 is 38.5. The van der Waals surface area contributed by atoms with Crippen LogP contribution in [0.2, 0.25) is 0 Å². The number of benzene rings is 2. The van der Waals surface area contributed by atoms with E-state index < -0.39 is 24.1 Å². The molecule has 8 heteroatoms. The molecule has 3 rings (SSSR count). The zero-order valence-corrected chi connectivity index (χ0v) is 13.3. The van der Waals surface area contributed by atoms with E-state index in [0.717, 1.165) is 33.2 Å². The maximum Gasteiger partial charge on any atom is 0.416 e. The molecule has 132 valence electrons. The van der Waals surface area contributed by atoms with Gasteiger partial charge in [0.1, 0.15) is 0 Å². The van der Waals surface area contributed by atoms with E-state index in [4.69, 9.17) is 0 Å². The lowest BCUT2D eigenvalue weighted by atomic mass is 10.1. The second-order valence-electron chi connectivity index (χ2n) is 5.79. The number of halogens is 3. The minimum Gasteiger partial charge on any atom is -0.355 e. The van der Waals surface area contributed by atoms with E-state index in [1.165, 1.54) is 12.1 Å². The van der Waals surface area contributed by atoms with Crippen LogP contribution in [0.5, 0.6) is 0 Å². The number of rotatable bonds is 3. The van der Waals surface area contributed by atoms with Crippen LogP contribution in [-0.4, -0.2) is 22.4 Å². The zero-order chi connectivity index (χ0) is 18.2. The Morgan fingerprint density at radius 1 is 1.16 bits per heavy atom. The van der Waals surface area contributed by atoms with Gasteiger partial charge in [0.2, 0.25) is 6.35 Å². The Morgan fingerprint density at radius 3 is 2.48 bits per heavy atom. The van der Waals surface area contributed by atoms with Crippen molar-refractivity contribution < 1.29 is 23.1 Å². The number of hydrogen-bond donors (Lipinski definition) is 2. The fraction of sp³-hybridized carbons (Fsp3) is 0.235. The van der Waals surface area contributed by atoms with Crippen LogP contribution < -0.4 is 10.4 Å². The normalized spacial score (nSPS) is 17.8. The third kappa shape index (κ3) is 3.53. The molecule has 2 aromatic carbocycles. The standard InChI is InChI=1S/C17H16F3N3O2/c1-11-5-7-12(8-6-11)10-22-15(24)21-23(16(22)25)14-4-2-3-13(9-14)17(18,19)20/h2-9,16,25H,10H2,1H3,(H,21,24). The molecule has 2 N–H and O–H groups in total. The highest BCUT2D eigenvalue weighted by Crippen LogP contribution is 2.32. The number of hydrazine groups is 1. The maximum absolute atomic E-state index is 12.8. The Balaban J connectivity index is 1.81. The average molecular weight is 351 g/mol. The molecule has 1 unspecified atom stereocenters. The quantitative estimate of drug-likeness (QED) is 0.893. The number of aliphatic hydroxyl groups is 1. The number of aryl methyl sites for hydroxylation is 1. The fourth-order valence-corrected chi connectivity index (χ4v) is 2.54. The summed E-state index contributed by atoms with van der Waals surface area (Å²) in [5, 5.41) is 11.4. The molecule has 25 heavy (non-hydrogen) atoms. The third-order valence-corrected chi connectivity index (χ3v) is 3.91. The first kappa shape index (κ1) is 17.1. The summed E-state index contributed by atoms with van der Waals surface area (Å²) in [5.74, 6) is 0. The lowest BCUT2D eigenvalue weighted by molar-refractivity contribution is -0.137. The van der Waals surface area contributed by atoms with Crippen molar-refractivity contribution in [2.45, 2.75) is 26.0 Å². The van der Waals surface area contributed by atoms with E-state index in [1.54, 1.807) is 0 Å². The molecule has 0 spiro atoms. The molecule has 0 radical (unpaired) electrons. The highest BCUT2D eigenvalue weighted by Gasteiger charge is 2.38. The average Bonchev–Trinajstić information content (AvgIpc) is 2.84. The number of carbonyl (C=O) groups is 1. The van der Waals surface area contributed by atoms with E-state index >= 15 is 0 Å². The number of aliphatic hydroxyl groups excluding tert-OH is 1. The Kier molecular flexibility index (Phi) is 4.30. The molecule has 1 aliphatic rings. The molecule has 1 atom stereocenters. The number of carbonyl (C=O) groups excluding carboxylic acids is 1. The Labute approximate surface area is 142 Å². The number of amides is 2. The molecule has 0 aliphatic carbocycles. The van der Waals surface area contributed by atoms with Crippen molar-refractivity contribution in [3.05, 3.63) is 65.2 Å². The third-order valence-electron chi connectivity index (χ3n) is 3.91. The van der Waals surface area contributed by atoms with Gasteiger partial charge in [-0.2, -0.15) is 13.2 Å². The van der Waals surface area contributed by atoms with Gasteiger partial charge in [0, 0.05) is 0 Å². The van der Waals surface area contributed by atoms with Crippen LogP contribution in [0.1, 0.15) is 16.7 Å². The summed E-state index contributed by atoms with van der Waals surface area (Å²) in [6.45, 7) is 2.05. The van der Waals surface area contributed by atoms with Gasteiger partial charge in [-0.05, 0) is 30.7 Å². The second-order valence-corrected chi connectivity index (χ2v) is 5.79. The summed E-state index contributed by atoms with van der Waals surface area (Å²) in [7, 11) is 0. The Morgan fingerprint density at radius 2 is 1.84 bits per heavy atom. The number of nitrogens with one attached hydrogen (secondary N) is 1. The Bertz CT molecular complexity index is 777. The minimum atomic E-state index is -4.51. The van der Waals surface area contributed by atoms with Crippen molar-refractivity contribution in [2.24, 2.45) is 0 Å². The summed E-state index contributed by atoms with van der Waals surface area (Å²) in [6.07, 6.45) is -5.93. The van der Waals surface area contributed by atoms with Gasteiger partial charge < -0.3 is 5.11 Å². The van der Waals surface area contributed by atoms with E-state index in [2.05, 4.69) is 5.43 Å². The molecular weight excluding hydrogens is 335 g/mol. The van der Waals surface area contributed by atoms with Gasteiger partial charge in [-0.25, -0.2) is 15.2 Å². The molecule has 1 aliphatic heterocycles. The van der Waals surface area contributed by atoms with Crippen molar-refractivity contribution in [2.75, 3.05) is 5.01 Å². The van der Waals surface area contributed by atoms with E-state index in [0.29, 0.717) is 0 Å². The van der Waals surface area contributed by atoms with Gasteiger partial charge in [-0.3, -0.25) is 4.90 Å². The lowest BCUT2D eigenvalue weighted by Crippen LogP contribution is -2.41. The number of urea groups is 1. The first-order valence-corrected chi connectivity index (χ1v) is 7.53. The van der Waals surface area contributed by atoms with Crippen LogP contribution in [0.25, 0.3) is 0 Å². The molecule has 0 saturated carbocycles. The van der Waals surface area contributed by atoms with E-state index in [-0.39, 0.29) is 12.2 Å². The Hall–Kier alpha value is -2.74. The first-order chi connectivity index (χ1) is 11.8. The van der Waals surface area contributed by atoms with Crippen LogP contribution in [0.15, 0.2) is 48.5 Å². The van der Waals surface area contributed by atoms with Gasteiger partial charge in [-0.15, -0.1) is 0 Å². The number of alkyl halides is 3. The van der Waals surface area contributed by atoms with Crippen LogP contribution in [0, 0.1) is 6.92 Å². The molecular formula is C17H16F3N3O2. The molecule has 1 fully saturated rings. The summed E-state index contributed by atoms with van der Waals surface area (Å²) in [5.41, 5.74) is 3.42. The van der Waals surface area contributed by atoms with Crippen molar-refractivity contribution >= 4 is 11.7 Å². The molecule has 1 saturated heterocycles. The van der Waals surface area contributed by atoms with Gasteiger partial charge in [0.05, 0.1) is 17.8 Å². The van der Waals surface area contributed by atoms with Crippen LogP contribution in [0.3, 0.4) is 0 Å². The second kappa shape index (κ2) is 6.29. The van der Waals surface area contributed by atoms with E-state index in [9.17, 15) is 23.1 Å². The van der Waals surface area contributed by atoms with Gasteiger partial charge in [-0.1, -0.05) is 35.9 Å².